The molecule has 0 spiro atoms. The minimum Gasteiger partial charge on any atom is -0.481 e. The van der Waals surface area contributed by atoms with Crippen LogP contribution in [0.3, 0.4) is 0 Å². The molecular formula is C21H41NO4. The number of hydrogen-bond donors (Lipinski definition) is 3. The quantitative estimate of drug-likeness (QED) is 0.265. The average Bonchev–Trinajstić information content (AvgIpc) is 2.60. The van der Waals surface area contributed by atoms with E-state index in [4.69, 9.17) is 15.9 Å². The van der Waals surface area contributed by atoms with Crippen molar-refractivity contribution in [2.45, 2.75) is 116 Å². The molecule has 0 aromatic heterocycles. The molecule has 0 bridgehead atoms. The van der Waals surface area contributed by atoms with Crippen molar-refractivity contribution in [1.82, 2.24) is 0 Å². The highest BCUT2D eigenvalue weighted by Gasteiger charge is 2.23. The molecule has 0 aliphatic rings. The molecule has 4 N–H and O–H groups in total. The average molecular weight is 372 g/mol. The number of hydrogen-bond acceptors (Lipinski definition) is 3. The van der Waals surface area contributed by atoms with Crippen LogP contribution in [0.2, 0.25) is 0 Å². The number of aliphatic carboxylic acids is 2. The summed E-state index contributed by atoms with van der Waals surface area (Å²) < 4.78 is 0. The largest absolute Gasteiger partial charge is 0.481 e. The lowest BCUT2D eigenvalue weighted by molar-refractivity contribution is -0.143. The first-order valence-electron chi connectivity index (χ1n) is 10.7. The van der Waals surface area contributed by atoms with Crippen molar-refractivity contribution in [3.05, 3.63) is 0 Å². The number of nitrogens with two attached hydrogens (primary N) is 1. The second-order valence-corrected chi connectivity index (χ2v) is 7.60. The van der Waals surface area contributed by atoms with Gasteiger partial charge in [0.05, 0.1) is 5.92 Å². The smallest absolute Gasteiger partial charge is 0.320 e. The highest BCUT2D eigenvalue weighted by Crippen LogP contribution is 2.18. The summed E-state index contributed by atoms with van der Waals surface area (Å²) in [6, 6.07) is -1.08. The fourth-order valence-corrected chi connectivity index (χ4v) is 3.33. The molecule has 5 nitrogen and oxygen atoms in total. The van der Waals surface area contributed by atoms with Gasteiger partial charge in [0.1, 0.15) is 6.04 Å². The van der Waals surface area contributed by atoms with E-state index in [-0.39, 0.29) is 6.42 Å². The van der Waals surface area contributed by atoms with Gasteiger partial charge >= 0.3 is 11.9 Å². The molecule has 0 amide bonds. The maximum atomic E-state index is 11.2. The Bertz CT molecular complexity index is 360. The number of unbranched alkanes of at least 4 members (excludes halogenated alkanes) is 13. The molecule has 1 unspecified atom stereocenters. The molecule has 0 aromatic carbocycles. The van der Waals surface area contributed by atoms with Crippen LogP contribution < -0.4 is 5.73 Å². The van der Waals surface area contributed by atoms with Gasteiger partial charge in [0.2, 0.25) is 0 Å². The van der Waals surface area contributed by atoms with Gasteiger partial charge in [-0.1, -0.05) is 96.8 Å². The van der Waals surface area contributed by atoms with E-state index in [2.05, 4.69) is 6.92 Å². The van der Waals surface area contributed by atoms with E-state index in [1.165, 1.54) is 70.6 Å². The monoisotopic (exact) mass is 371 g/mol. The van der Waals surface area contributed by atoms with Gasteiger partial charge in [-0.3, -0.25) is 9.59 Å². The number of rotatable bonds is 19. The zero-order valence-corrected chi connectivity index (χ0v) is 16.8. The summed E-state index contributed by atoms with van der Waals surface area (Å²) in [4.78, 5) is 21.9. The van der Waals surface area contributed by atoms with Crippen molar-refractivity contribution in [2.24, 2.45) is 11.7 Å². The van der Waals surface area contributed by atoms with Gasteiger partial charge in [-0.05, 0) is 12.8 Å². The van der Waals surface area contributed by atoms with Crippen LogP contribution in [-0.2, 0) is 9.59 Å². The second-order valence-electron chi connectivity index (χ2n) is 7.60. The summed E-state index contributed by atoms with van der Waals surface area (Å²) in [5.41, 5.74) is 5.44. The van der Waals surface area contributed by atoms with Gasteiger partial charge in [0.15, 0.2) is 0 Å². The first-order chi connectivity index (χ1) is 12.5. The van der Waals surface area contributed by atoms with Crippen LogP contribution in [0, 0.1) is 5.92 Å². The Morgan fingerprint density at radius 1 is 0.692 bits per heavy atom. The number of carboxylic acid groups (broad SMARTS) is 2. The molecular weight excluding hydrogens is 330 g/mol. The third kappa shape index (κ3) is 15.2. The van der Waals surface area contributed by atoms with E-state index in [9.17, 15) is 9.59 Å². The fourth-order valence-electron chi connectivity index (χ4n) is 3.33. The summed E-state index contributed by atoms with van der Waals surface area (Å²) >= 11 is 0. The predicted octanol–water partition coefficient (Wildman–Crippen LogP) is 5.36. The van der Waals surface area contributed by atoms with Gasteiger partial charge in [0, 0.05) is 0 Å². The molecule has 0 aliphatic heterocycles. The van der Waals surface area contributed by atoms with E-state index in [0.717, 1.165) is 19.3 Å². The molecule has 5 heteroatoms. The lowest BCUT2D eigenvalue weighted by Crippen LogP contribution is -2.34. The van der Waals surface area contributed by atoms with Crippen LogP contribution in [0.15, 0.2) is 0 Å². The number of carbonyl (C=O) groups is 2. The van der Waals surface area contributed by atoms with Crippen LogP contribution in [0.1, 0.15) is 110 Å². The Morgan fingerprint density at radius 3 is 1.42 bits per heavy atom. The van der Waals surface area contributed by atoms with Crippen LogP contribution >= 0.6 is 0 Å². The highest BCUT2D eigenvalue weighted by molar-refractivity contribution is 5.75. The van der Waals surface area contributed by atoms with Crippen molar-refractivity contribution in [3.8, 4) is 0 Å². The molecule has 154 valence electrons. The lowest BCUT2D eigenvalue weighted by Gasteiger charge is -2.14. The van der Waals surface area contributed by atoms with Gasteiger partial charge in [-0.15, -0.1) is 0 Å². The summed E-state index contributed by atoms with van der Waals surface area (Å²) in [6.07, 6.45) is 18.2. The molecule has 2 atom stereocenters. The molecule has 0 saturated heterocycles. The van der Waals surface area contributed by atoms with Gasteiger partial charge in [-0.2, -0.15) is 0 Å². The van der Waals surface area contributed by atoms with Gasteiger partial charge < -0.3 is 15.9 Å². The predicted molar refractivity (Wildman–Crippen MR) is 106 cm³/mol. The van der Waals surface area contributed by atoms with Crippen molar-refractivity contribution in [3.63, 3.8) is 0 Å². The molecule has 0 aliphatic carbocycles. The minimum atomic E-state index is -1.13. The minimum absolute atomic E-state index is 0.0170. The first-order valence-corrected chi connectivity index (χ1v) is 10.7. The molecule has 0 fully saturated rings. The zero-order chi connectivity index (χ0) is 19.6. The fraction of sp³-hybridized carbons (Fsp3) is 0.905. The summed E-state index contributed by atoms with van der Waals surface area (Å²) in [5.74, 6) is -2.70. The Balaban J connectivity index is 3.45. The summed E-state index contributed by atoms with van der Waals surface area (Å²) in [5, 5.41) is 17.9. The van der Waals surface area contributed by atoms with Crippen molar-refractivity contribution < 1.29 is 19.8 Å². The van der Waals surface area contributed by atoms with E-state index in [1.54, 1.807) is 0 Å². The lowest BCUT2D eigenvalue weighted by atomic mass is 9.94. The molecule has 0 aromatic rings. The number of carboxylic acids is 2. The van der Waals surface area contributed by atoms with Crippen LogP contribution in [0.25, 0.3) is 0 Å². The molecule has 0 saturated carbocycles. The topological polar surface area (TPSA) is 101 Å². The van der Waals surface area contributed by atoms with E-state index in [1.807, 2.05) is 0 Å². The molecule has 0 rings (SSSR count). The van der Waals surface area contributed by atoms with E-state index in [0.29, 0.717) is 6.42 Å². The van der Waals surface area contributed by atoms with Crippen molar-refractivity contribution >= 4 is 11.9 Å². The van der Waals surface area contributed by atoms with E-state index < -0.39 is 23.9 Å². The summed E-state index contributed by atoms with van der Waals surface area (Å²) in [7, 11) is 0. The van der Waals surface area contributed by atoms with Crippen molar-refractivity contribution in [2.75, 3.05) is 0 Å². The van der Waals surface area contributed by atoms with E-state index >= 15 is 0 Å². The molecule has 26 heavy (non-hydrogen) atoms. The Morgan fingerprint density at radius 2 is 1.08 bits per heavy atom. The Kier molecular flexibility index (Phi) is 16.6. The highest BCUT2D eigenvalue weighted by atomic mass is 16.4. The standard InChI is InChI=1S/C21H41NO4/c1-2-3-4-5-6-7-8-9-10-11-12-13-14-15-16-18(20(23)24)17-19(22)21(25)26/h18-19H,2-17,22H2,1H3,(H,23,24)(H,25,26)/t18?,19-/m0/s1. The normalized spacial score (nSPS) is 13.5. The third-order valence-electron chi connectivity index (χ3n) is 5.11. The van der Waals surface area contributed by atoms with Crippen LogP contribution in [0.4, 0.5) is 0 Å². The first kappa shape index (κ1) is 24.9. The Hall–Kier alpha value is -1.10. The van der Waals surface area contributed by atoms with Crippen LogP contribution in [-0.4, -0.2) is 28.2 Å². The molecule has 0 radical (unpaired) electrons. The van der Waals surface area contributed by atoms with Gasteiger partial charge in [-0.25, -0.2) is 0 Å². The maximum Gasteiger partial charge on any atom is 0.320 e. The second kappa shape index (κ2) is 17.3. The zero-order valence-electron chi connectivity index (χ0n) is 16.8. The van der Waals surface area contributed by atoms with Crippen molar-refractivity contribution in [1.29, 1.82) is 0 Å². The third-order valence-corrected chi connectivity index (χ3v) is 5.11. The Labute approximate surface area is 159 Å². The van der Waals surface area contributed by atoms with Crippen LogP contribution in [0.5, 0.6) is 0 Å². The van der Waals surface area contributed by atoms with Gasteiger partial charge in [0.25, 0.3) is 0 Å². The molecule has 0 heterocycles. The maximum absolute atomic E-state index is 11.2. The summed E-state index contributed by atoms with van der Waals surface area (Å²) in [6.45, 7) is 2.25. The SMILES string of the molecule is CCCCCCCCCCCCCCCCC(C[C@H](N)C(=O)O)C(=O)O.